The molecule has 8 heteroatoms. The average Bonchev–Trinajstić information content (AvgIpc) is 3.08. The van der Waals surface area contributed by atoms with Crippen molar-refractivity contribution in [1.29, 1.82) is 0 Å². The number of para-hydroxylation sites is 2. The molecule has 140 valence electrons. The molecule has 8 nitrogen and oxygen atoms in total. The summed E-state index contributed by atoms with van der Waals surface area (Å²) in [4.78, 5) is 52.3. The second kappa shape index (κ2) is 6.34. The van der Waals surface area contributed by atoms with E-state index in [2.05, 4.69) is 10.6 Å². The predicted octanol–water partition coefficient (Wildman–Crippen LogP) is 2.14. The maximum atomic E-state index is 12.9. The monoisotopic (exact) mass is 376 g/mol. The molecule has 2 aromatic carbocycles. The van der Waals surface area contributed by atoms with E-state index in [4.69, 9.17) is 0 Å². The van der Waals surface area contributed by atoms with Gasteiger partial charge in [-0.15, -0.1) is 0 Å². The highest BCUT2D eigenvalue weighted by molar-refractivity contribution is 6.28. The maximum Gasteiger partial charge on any atom is 0.333 e. The van der Waals surface area contributed by atoms with Crippen LogP contribution < -0.4 is 20.4 Å². The largest absolute Gasteiger partial charge is 0.333 e. The zero-order valence-electron chi connectivity index (χ0n) is 14.9. The molecule has 0 aromatic heterocycles. The van der Waals surface area contributed by atoms with Crippen molar-refractivity contribution in [3.63, 3.8) is 0 Å². The Morgan fingerprint density at radius 2 is 1.32 bits per heavy atom. The SMILES string of the molecule is CC1(C=C2NC(=O)N(c3ccccc3)C2=O)NC(=O)N(c2ccccc2)C1=O. The van der Waals surface area contributed by atoms with Gasteiger partial charge in [0, 0.05) is 0 Å². The van der Waals surface area contributed by atoms with Crippen LogP contribution in [0.25, 0.3) is 0 Å². The van der Waals surface area contributed by atoms with Gasteiger partial charge in [0.15, 0.2) is 0 Å². The van der Waals surface area contributed by atoms with Crippen LogP contribution in [0.4, 0.5) is 21.0 Å². The molecule has 2 aliphatic rings. The Hall–Kier alpha value is -3.94. The number of nitrogens with zero attached hydrogens (tertiary/aromatic N) is 2. The van der Waals surface area contributed by atoms with E-state index in [-0.39, 0.29) is 5.70 Å². The van der Waals surface area contributed by atoms with Crippen LogP contribution >= 0.6 is 0 Å². The van der Waals surface area contributed by atoms with E-state index < -0.39 is 29.4 Å². The molecule has 2 N–H and O–H groups in total. The fourth-order valence-corrected chi connectivity index (χ4v) is 3.20. The van der Waals surface area contributed by atoms with Gasteiger partial charge in [0.05, 0.1) is 11.4 Å². The first-order chi connectivity index (χ1) is 13.4. The molecule has 28 heavy (non-hydrogen) atoms. The van der Waals surface area contributed by atoms with Crippen LogP contribution in [0.5, 0.6) is 0 Å². The minimum absolute atomic E-state index is 0.0695. The van der Waals surface area contributed by atoms with Crippen LogP contribution in [0, 0.1) is 0 Å². The van der Waals surface area contributed by atoms with E-state index in [1.807, 2.05) is 0 Å². The average molecular weight is 376 g/mol. The van der Waals surface area contributed by atoms with Gasteiger partial charge in [-0.05, 0) is 37.3 Å². The minimum atomic E-state index is -1.47. The van der Waals surface area contributed by atoms with Gasteiger partial charge >= 0.3 is 12.1 Å². The van der Waals surface area contributed by atoms with E-state index in [1.54, 1.807) is 60.7 Å². The van der Waals surface area contributed by atoms with Crippen LogP contribution in [0.2, 0.25) is 0 Å². The van der Waals surface area contributed by atoms with Crippen molar-refractivity contribution in [3.8, 4) is 0 Å². The van der Waals surface area contributed by atoms with Crippen LogP contribution in [-0.2, 0) is 9.59 Å². The van der Waals surface area contributed by atoms with E-state index >= 15 is 0 Å². The Balaban J connectivity index is 1.65. The molecule has 2 aliphatic heterocycles. The van der Waals surface area contributed by atoms with Crippen molar-refractivity contribution in [2.45, 2.75) is 12.5 Å². The summed E-state index contributed by atoms with van der Waals surface area (Å²) in [5.41, 5.74) is -0.719. The molecule has 0 spiro atoms. The van der Waals surface area contributed by atoms with Crippen LogP contribution in [0.15, 0.2) is 72.4 Å². The Bertz CT molecular complexity index is 1020. The van der Waals surface area contributed by atoms with Gasteiger partial charge in [-0.1, -0.05) is 36.4 Å². The quantitative estimate of drug-likeness (QED) is 0.633. The Morgan fingerprint density at radius 1 is 0.786 bits per heavy atom. The highest BCUT2D eigenvalue weighted by Gasteiger charge is 2.49. The highest BCUT2D eigenvalue weighted by atomic mass is 16.2. The van der Waals surface area contributed by atoms with E-state index in [0.717, 1.165) is 9.80 Å². The molecule has 4 rings (SSSR count). The number of amides is 6. The second-order valence-electron chi connectivity index (χ2n) is 6.57. The smallest absolute Gasteiger partial charge is 0.320 e. The normalized spacial score (nSPS) is 23.4. The highest BCUT2D eigenvalue weighted by Crippen LogP contribution is 2.28. The lowest BCUT2D eigenvalue weighted by atomic mass is 10.0. The first-order valence-electron chi connectivity index (χ1n) is 8.56. The van der Waals surface area contributed by atoms with Crippen molar-refractivity contribution < 1.29 is 19.2 Å². The van der Waals surface area contributed by atoms with Gasteiger partial charge in [0.2, 0.25) is 0 Å². The molecule has 2 aromatic rings. The number of hydrogen-bond donors (Lipinski definition) is 2. The molecule has 1 atom stereocenters. The van der Waals surface area contributed by atoms with Crippen LogP contribution in [-0.4, -0.2) is 29.4 Å². The first-order valence-corrected chi connectivity index (χ1v) is 8.56. The number of carbonyl (C=O) groups excluding carboxylic acids is 4. The fourth-order valence-electron chi connectivity index (χ4n) is 3.20. The Kier molecular flexibility index (Phi) is 3.96. The fraction of sp³-hybridized carbons (Fsp3) is 0.100. The first kappa shape index (κ1) is 17.5. The van der Waals surface area contributed by atoms with Gasteiger partial charge in [-0.25, -0.2) is 19.4 Å². The Labute approximate surface area is 160 Å². The lowest BCUT2D eigenvalue weighted by molar-refractivity contribution is -0.120. The van der Waals surface area contributed by atoms with Gasteiger partial charge in [0.1, 0.15) is 11.2 Å². The minimum Gasteiger partial charge on any atom is -0.320 e. The molecule has 1 unspecified atom stereocenters. The summed E-state index contributed by atoms with van der Waals surface area (Å²) in [6.45, 7) is 1.48. The van der Waals surface area contributed by atoms with Crippen molar-refractivity contribution in [1.82, 2.24) is 10.6 Å². The maximum absolute atomic E-state index is 12.9. The second-order valence-corrected chi connectivity index (χ2v) is 6.57. The van der Waals surface area contributed by atoms with Crippen molar-refractivity contribution in [3.05, 3.63) is 72.4 Å². The standard InChI is InChI=1S/C20H16N4O4/c1-20(17(26)24(19(28)22-20)14-10-6-3-7-11-14)12-15-16(25)23(18(27)21-15)13-8-4-2-5-9-13/h2-12H,1H3,(H,21,27)(H,22,28). The summed E-state index contributed by atoms with van der Waals surface area (Å²) in [7, 11) is 0. The van der Waals surface area contributed by atoms with Gasteiger partial charge in [-0.3, -0.25) is 9.59 Å². The third kappa shape index (κ3) is 2.71. The lowest BCUT2D eigenvalue weighted by Gasteiger charge is -2.18. The number of anilines is 2. The number of rotatable bonds is 3. The third-order valence-electron chi connectivity index (χ3n) is 4.56. The summed E-state index contributed by atoms with van der Waals surface area (Å²) in [6, 6.07) is 15.7. The summed E-state index contributed by atoms with van der Waals surface area (Å²) >= 11 is 0. The van der Waals surface area contributed by atoms with E-state index in [1.165, 1.54) is 13.0 Å². The number of urea groups is 2. The number of imide groups is 2. The van der Waals surface area contributed by atoms with E-state index in [0.29, 0.717) is 11.4 Å². The molecule has 0 bridgehead atoms. The number of nitrogens with one attached hydrogen (secondary N) is 2. The molecule has 0 saturated carbocycles. The summed E-state index contributed by atoms with van der Waals surface area (Å²) in [6.07, 6.45) is 1.28. The van der Waals surface area contributed by atoms with Gasteiger partial charge < -0.3 is 10.6 Å². The summed E-state index contributed by atoms with van der Waals surface area (Å²) in [5.74, 6) is -1.14. The molecular weight excluding hydrogens is 360 g/mol. The molecule has 2 saturated heterocycles. The molecule has 2 heterocycles. The molecule has 0 radical (unpaired) electrons. The van der Waals surface area contributed by atoms with E-state index in [9.17, 15) is 19.2 Å². The van der Waals surface area contributed by atoms with Crippen LogP contribution in [0.1, 0.15) is 6.92 Å². The lowest BCUT2D eigenvalue weighted by Crippen LogP contribution is -2.43. The van der Waals surface area contributed by atoms with Gasteiger partial charge in [-0.2, -0.15) is 0 Å². The number of carbonyl (C=O) groups is 4. The van der Waals surface area contributed by atoms with Crippen molar-refractivity contribution in [2.75, 3.05) is 9.80 Å². The number of benzene rings is 2. The molecular formula is C20H16N4O4. The van der Waals surface area contributed by atoms with Gasteiger partial charge in [0.25, 0.3) is 11.8 Å². The molecule has 2 fully saturated rings. The van der Waals surface area contributed by atoms with Crippen molar-refractivity contribution >= 4 is 35.3 Å². The number of hydrogen-bond acceptors (Lipinski definition) is 4. The predicted molar refractivity (Wildman–Crippen MR) is 101 cm³/mol. The summed E-state index contributed by atoms with van der Waals surface area (Å²) < 4.78 is 0. The topological polar surface area (TPSA) is 98.8 Å². The van der Waals surface area contributed by atoms with Crippen LogP contribution in [0.3, 0.4) is 0 Å². The van der Waals surface area contributed by atoms with Crippen molar-refractivity contribution in [2.24, 2.45) is 0 Å². The molecule has 0 aliphatic carbocycles. The Morgan fingerprint density at radius 3 is 1.89 bits per heavy atom. The molecule has 6 amide bonds. The summed E-state index contributed by atoms with van der Waals surface area (Å²) in [5, 5.41) is 5.06. The zero-order chi connectivity index (χ0) is 19.9. The zero-order valence-corrected chi connectivity index (χ0v) is 14.9. The third-order valence-corrected chi connectivity index (χ3v) is 4.56.